The minimum atomic E-state index is -0.386. The lowest BCUT2D eigenvalue weighted by molar-refractivity contribution is -0.116. The molecule has 0 radical (unpaired) electrons. The molecule has 3 aromatic rings. The van der Waals surface area contributed by atoms with E-state index in [4.69, 9.17) is 0 Å². The number of anilines is 2. The molecular weight excluding hydrogens is 384 g/mol. The molecule has 0 spiro atoms. The van der Waals surface area contributed by atoms with Gasteiger partial charge in [-0.1, -0.05) is 30.0 Å². The topological polar surface area (TPSA) is 102 Å². The van der Waals surface area contributed by atoms with Gasteiger partial charge in [0.15, 0.2) is 10.3 Å². The van der Waals surface area contributed by atoms with Crippen LogP contribution in [0.1, 0.15) is 12.7 Å². The Hall–Kier alpha value is -2.72. The number of aromatic nitrogens is 4. The molecule has 10 heteroatoms. The Morgan fingerprint density at radius 3 is 2.70 bits per heavy atom. The normalized spacial score (nSPS) is 11.8. The molecule has 3 rings (SSSR count). The summed E-state index contributed by atoms with van der Waals surface area (Å²) < 4.78 is 1.72. The summed E-state index contributed by atoms with van der Waals surface area (Å²) in [6.07, 6.45) is 1.73. The van der Waals surface area contributed by atoms with Crippen LogP contribution < -0.4 is 10.6 Å². The van der Waals surface area contributed by atoms with Crippen molar-refractivity contribution >= 4 is 45.7 Å². The van der Waals surface area contributed by atoms with Crippen molar-refractivity contribution in [2.24, 2.45) is 7.05 Å². The summed E-state index contributed by atoms with van der Waals surface area (Å²) in [7, 11) is 1.78. The molecule has 1 atom stereocenters. The highest BCUT2D eigenvalue weighted by atomic mass is 32.2. The second-order valence-corrected chi connectivity index (χ2v) is 7.84. The molecule has 1 unspecified atom stereocenters. The predicted octanol–water partition coefficient (Wildman–Crippen LogP) is 2.57. The van der Waals surface area contributed by atoms with Crippen molar-refractivity contribution in [2.45, 2.75) is 23.8 Å². The summed E-state index contributed by atoms with van der Waals surface area (Å²) in [5, 5.41) is 16.3. The average Bonchev–Trinajstić information content (AvgIpc) is 3.27. The van der Waals surface area contributed by atoms with Crippen LogP contribution >= 0.6 is 23.1 Å². The number of nitrogens with one attached hydrogen (secondary N) is 2. The molecule has 2 N–H and O–H groups in total. The molecule has 0 aliphatic carbocycles. The Labute approximate surface area is 164 Å². The molecule has 140 valence electrons. The van der Waals surface area contributed by atoms with Crippen molar-refractivity contribution in [1.82, 2.24) is 19.7 Å². The monoisotopic (exact) mass is 402 g/mol. The van der Waals surface area contributed by atoms with Gasteiger partial charge in [-0.3, -0.25) is 9.59 Å². The Bertz CT molecular complexity index is 911. The van der Waals surface area contributed by atoms with Crippen molar-refractivity contribution in [3.8, 4) is 0 Å². The molecule has 1 aromatic carbocycles. The third kappa shape index (κ3) is 5.14. The smallest absolute Gasteiger partial charge is 0.239 e. The van der Waals surface area contributed by atoms with Crippen molar-refractivity contribution in [2.75, 3.05) is 10.6 Å². The number of carbonyl (C=O) groups is 2. The van der Waals surface area contributed by atoms with Crippen LogP contribution in [-0.4, -0.2) is 36.8 Å². The van der Waals surface area contributed by atoms with Gasteiger partial charge in [0, 0.05) is 24.3 Å². The van der Waals surface area contributed by atoms with Gasteiger partial charge in [-0.25, -0.2) is 4.98 Å². The number of rotatable bonds is 7. The fourth-order valence-corrected chi connectivity index (χ4v) is 3.54. The van der Waals surface area contributed by atoms with Crippen molar-refractivity contribution in [3.05, 3.63) is 47.7 Å². The number of para-hydroxylation sites is 1. The van der Waals surface area contributed by atoms with Crippen LogP contribution in [0, 0.1) is 0 Å². The van der Waals surface area contributed by atoms with Gasteiger partial charge in [0.05, 0.1) is 11.7 Å². The zero-order valence-electron chi connectivity index (χ0n) is 14.7. The van der Waals surface area contributed by atoms with E-state index in [9.17, 15) is 9.59 Å². The van der Waals surface area contributed by atoms with Crippen molar-refractivity contribution in [1.29, 1.82) is 0 Å². The first kappa shape index (κ1) is 19.1. The third-order valence-corrected chi connectivity index (χ3v) is 5.44. The largest absolute Gasteiger partial charge is 0.326 e. The fourth-order valence-electron chi connectivity index (χ4n) is 2.18. The van der Waals surface area contributed by atoms with Crippen LogP contribution in [-0.2, 0) is 23.1 Å². The van der Waals surface area contributed by atoms with Gasteiger partial charge in [0.1, 0.15) is 5.82 Å². The zero-order chi connectivity index (χ0) is 19.2. The number of thiazole rings is 1. The Morgan fingerprint density at radius 1 is 1.22 bits per heavy atom. The Balaban J connectivity index is 1.57. The quantitative estimate of drug-likeness (QED) is 0.589. The molecule has 0 saturated carbocycles. The Kier molecular flexibility index (Phi) is 6.20. The lowest BCUT2D eigenvalue weighted by Crippen LogP contribution is -2.22. The summed E-state index contributed by atoms with van der Waals surface area (Å²) >= 11 is 2.63. The van der Waals surface area contributed by atoms with Crippen molar-refractivity contribution < 1.29 is 9.59 Å². The molecular formula is C17H18N6O2S2. The van der Waals surface area contributed by atoms with E-state index in [0.717, 1.165) is 5.69 Å². The van der Waals surface area contributed by atoms with Gasteiger partial charge in [-0.05, 0) is 19.1 Å². The van der Waals surface area contributed by atoms with E-state index in [1.807, 2.05) is 30.3 Å². The number of hydrogen-bond donors (Lipinski definition) is 2. The highest BCUT2D eigenvalue weighted by Crippen LogP contribution is 2.23. The highest BCUT2D eigenvalue weighted by molar-refractivity contribution is 8.00. The molecule has 2 aromatic heterocycles. The van der Waals surface area contributed by atoms with Gasteiger partial charge >= 0.3 is 0 Å². The minimum absolute atomic E-state index is 0.0959. The highest BCUT2D eigenvalue weighted by Gasteiger charge is 2.20. The molecule has 0 aliphatic rings. The maximum atomic E-state index is 12.2. The standard InChI is InChI=1S/C17H18N6O2S2/c1-11(15(25)20-16-18-8-9-26-16)27-17-22-21-13(23(17)2)10-14(24)19-12-6-4-3-5-7-12/h3-9,11H,10H2,1-2H3,(H,19,24)(H,18,20,25). The van der Waals surface area contributed by atoms with Gasteiger partial charge in [0.25, 0.3) is 0 Å². The maximum Gasteiger partial charge on any atom is 0.239 e. The van der Waals surface area contributed by atoms with E-state index in [-0.39, 0.29) is 23.5 Å². The number of thioether (sulfide) groups is 1. The van der Waals surface area contributed by atoms with Crippen LogP contribution in [0.2, 0.25) is 0 Å². The Morgan fingerprint density at radius 2 is 2.00 bits per heavy atom. The predicted molar refractivity (Wildman–Crippen MR) is 106 cm³/mol. The molecule has 0 saturated heterocycles. The number of amides is 2. The van der Waals surface area contributed by atoms with Gasteiger partial charge in [-0.2, -0.15) is 0 Å². The summed E-state index contributed by atoms with van der Waals surface area (Å²) in [4.78, 5) is 28.4. The molecule has 2 heterocycles. The number of carbonyl (C=O) groups excluding carboxylic acids is 2. The van der Waals surface area contributed by atoms with Crippen LogP contribution in [0.5, 0.6) is 0 Å². The summed E-state index contributed by atoms with van der Waals surface area (Å²) in [6, 6.07) is 9.22. The van der Waals surface area contributed by atoms with Crippen molar-refractivity contribution in [3.63, 3.8) is 0 Å². The summed E-state index contributed by atoms with van der Waals surface area (Å²) in [5.41, 5.74) is 0.728. The minimum Gasteiger partial charge on any atom is -0.326 e. The van der Waals surface area contributed by atoms with E-state index >= 15 is 0 Å². The van der Waals surface area contributed by atoms with Gasteiger partial charge < -0.3 is 15.2 Å². The van der Waals surface area contributed by atoms with Crippen LogP contribution in [0.4, 0.5) is 10.8 Å². The fraction of sp³-hybridized carbons (Fsp3) is 0.235. The van der Waals surface area contributed by atoms with Crippen LogP contribution in [0.3, 0.4) is 0 Å². The second kappa shape index (κ2) is 8.78. The van der Waals surface area contributed by atoms with Gasteiger partial charge in [-0.15, -0.1) is 21.5 Å². The lowest BCUT2D eigenvalue weighted by atomic mass is 10.3. The van der Waals surface area contributed by atoms with E-state index in [0.29, 0.717) is 16.1 Å². The van der Waals surface area contributed by atoms with E-state index < -0.39 is 0 Å². The van der Waals surface area contributed by atoms with E-state index in [1.54, 1.807) is 30.1 Å². The van der Waals surface area contributed by atoms with Crippen LogP contribution in [0.15, 0.2) is 47.1 Å². The van der Waals surface area contributed by atoms with Crippen LogP contribution in [0.25, 0.3) is 0 Å². The second-order valence-electron chi connectivity index (χ2n) is 5.64. The molecule has 0 fully saturated rings. The molecule has 27 heavy (non-hydrogen) atoms. The number of nitrogens with zero attached hydrogens (tertiary/aromatic N) is 4. The SMILES string of the molecule is CC(Sc1nnc(CC(=O)Nc2ccccc2)n1C)C(=O)Nc1nccs1. The molecule has 2 amide bonds. The van der Waals surface area contributed by atoms with Gasteiger partial charge in [0.2, 0.25) is 11.8 Å². The first-order chi connectivity index (χ1) is 13.0. The lowest BCUT2D eigenvalue weighted by Gasteiger charge is -2.10. The molecule has 0 bridgehead atoms. The van der Waals surface area contributed by atoms with E-state index in [1.165, 1.54) is 23.1 Å². The third-order valence-electron chi connectivity index (χ3n) is 3.62. The summed E-state index contributed by atoms with van der Waals surface area (Å²) in [6.45, 7) is 1.78. The number of benzene rings is 1. The van der Waals surface area contributed by atoms with E-state index in [2.05, 4.69) is 25.8 Å². The maximum absolute atomic E-state index is 12.2. The zero-order valence-corrected chi connectivity index (χ0v) is 16.4. The molecule has 0 aliphatic heterocycles. The first-order valence-corrected chi connectivity index (χ1v) is 9.89. The first-order valence-electron chi connectivity index (χ1n) is 8.13. The molecule has 8 nitrogen and oxygen atoms in total. The number of hydrogen-bond acceptors (Lipinski definition) is 7. The average molecular weight is 403 g/mol. The summed E-state index contributed by atoms with van der Waals surface area (Å²) in [5.74, 6) is 0.183.